The van der Waals surface area contributed by atoms with Gasteiger partial charge in [-0.1, -0.05) is 12.1 Å². The van der Waals surface area contributed by atoms with Crippen molar-refractivity contribution in [2.75, 3.05) is 33.4 Å². The Morgan fingerprint density at radius 1 is 1.18 bits per heavy atom. The van der Waals surface area contributed by atoms with Crippen LogP contribution in [-0.4, -0.2) is 66.0 Å². The van der Waals surface area contributed by atoms with Crippen LogP contribution in [-0.2, 0) is 16.0 Å². The zero-order valence-electron chi connectivity index (χ0n) is 22.8. The molecule has 0 atom stereocenters. The van der Waals surface area contributed by atoms with Crippen LogP contribution >= 0.6 is 0 Å². The number of hydrogen-bond donors (Lipinski definition) is 2. The summed E-state index contributed by atoms with van der Waals surface area (Å²) in [7, 11) is 1.71. The second kappa shape index (κ2) is 11.2. The van der Waals surface area contributed by atoms with Gasteiger partial charge in [-0.2, -0.15) is 0 Å². The number of carbonyl (C=O) groups excluding carboxylic acids is 1. The van der Waals surface area contributed by atoms with Gasteiger partial charge in [-0.25, -0.2) is 9.78 Å². The number of aromatic nitrogens is 2. The average Bonchev–Trinajstić information content (AvgIpc) is 3.36. The van der Waals surface area contributed by atoms with Gasteiger partial charge in [0.05, 0.1) is 7.11 Å². The number of H-pyrrole nitrogens is 1. The third kappa shape index (κ3) is 6.03. The van der Waals surface area contributed by atoms with Crippen LogP contribution in [0.3, 0.4) is 0 Å². The number of methoxy groups -OCH3 is 1. The van der Waals surface area contributed by atoms with Crippen LogP contribution in [0.15, 0.2) is 42.6 Å². The predicted octanol–water partition coefficient (Wildman–Crippen LogP) is 5.53. The van der Waals surface area contributed by atoms with E-state index in [9.17, 15) is 4.79 Å². The van der Waals surface area contributed by atoms with E-state index < -0.39 is 5.60 Å². The van der Waals surface area contributed by atoms with Gasteiger partial charge < -0.3 is 29.4 Å². The molecule has 2 aromatic heterocycles. The fourth-order valence-electron chi connectivity index (χ4n) is 5.08. The molecule has 0 aliphatic carbocycles. The molecule has 2 aliphatic rings. The maximum atomic E-state index is 12.5. The van der Waals surface area contributed by atoms with Crippen molar-refractivity contribution in [1.29, 1.82) is 0 Å². The summed E-state index contributed by atoms with van der Waals surface area (Å²) in [5.41, 5.74) is 5.88. The van der Waals surface area contributed by atoms with Gasteiger partial charge in [-0.3, -0.25) is 0 Å². The lowest BCUT2D eigenvalue weighted by atomic mass is 9.99. The van der Waals surface area contributed by atoms with E-state index in [-0.39, 0.29) is 6.09 Å². The molecule has 38 heavy (non-hydrogen) atoms. The highest BCUT2D eigenvalue weighted by Gasteiger charge is 2.24. The number of ether oxygens (including phenoxy) is 3. The Morgan fingerprint density at radius 2 is 2.00 bits per heavy atom. The highest BCUT2D eigenvalue weighted by molar-refractivity contribution is 5.97. The van der Waals surface area contributed by atoms with Crippen LogP contribution in [0.1, 0.15) is 51.3 Å². The minimum atomic E-state index is -0.500. The molecule has 202 valence electrons. The quantitative estimate of drug-likeness (QED) is 0.446. The van der Waals surface area contributed by atoms with Gasteiger partial charge in [-0.15, -0.1) is 0 Å². The Balaban J connectivity index is 1.38. The summed E-state index contributed by atoms with van der Waals surface area (Å²) in [5.74, 6) is 0.833. The molecule has 8 heteroatoms. The van der Waals surface area contributed by atoms with Gasteiger partial charge >= 0.3 is 6.09 Å². The number of pyridine rings is 1. The van der Waals surface area contributed by atoms with E-state index in [4.69, 9.17) is 14.2 Å². The summed E-state index contributed by atoms with van der Waals surface area (Å²) in [6, 6.07) is 11.1. The third-order valence-electron chi connectivity index (χ3n) is 7.11. The summed E-state index contributed by atoms with van der Waals surface area (Å²) in [6.45, 7) is 9.25. The van der Waals surface area contributed by atoms with Crippen molar-refractivity contribution < 1.29 is 19.0 Å². The van der Waals surface area contributed by atoms with Crippen molar-refractivity contribution >= 4 is 22.7 Å². The standard InChI is InChI=1S/C30H38N4O4/c1-30(2,3)38-29(35)34-13-8-21(9-14-34)26-18-25-23(7-12-31-28(25)33-26)24-17-20(5-6-27(24)36-4)19-32-22-10-15-37-16-11-22/h5-8,12,17-18,22,32H,9-11,13-16,19H2,1-4H3,(H,31,33). The van der Waals surface area contributed by atoms with Crippen molar-refractivity contribution in [1.82, 2.24) is 20.2 Å². The lowest BCUT2D eigenvalue weighted by Crippen LogP contribution is -2.39. The van der Waals surface area contributed by atoms with Crippen molar-refractivity contribution in [3.05, 3.63) is 53.9 Å². The number of hydrogen-bond acceptors (Lipinski definition) is 6. The first-order chi connectivity index (χ1) is 18.3. The third-order valence-corrected chi connectivity index (χ3v) is 7.11. The van der Waals surface area contributed by atoms with Crippen molar-refractivity contribution in [3.63, 3.8) is 0 Å². The van der Waals surface area contributed by atoms with Crippen molar-refractivity contribution in [2.24, 2.45) is 0 Å². The fraction of sp³-hybridized carbons (Fsp3) is 0.467. The summed E-state index contributed by atoms with van der Waals surface area (Å²) in [4.78, 5) is 22.3. The number of carbonyl (C=O) groups is 1. The maximum Gasteiger partial charge on any atom is 0.410 e. The normalized spacial score (nSPS) is 16.9. The summed E-state index contributed by atoms with van der Waals surface area (Å²) >= 11 is 0. The topological polar surface area (TPSA) is 88.7 Å². The minimum absolute atomic E-state index is 0.272. The molecule has 4 heterocycles. The van der Waals surface area contributed by atoms with Crippen LogP contribution in [0.25, 0.3) is 27.7 Å². The zero-order valence-corrected chi connectivity index (χ0v) is 22.8. The van der Waals surface area contributed by atoms with E-state index in [0.717, 1.165) is 72.6 Å². The summed E-state index contributed by atoms with van der Waals surface area (Å²) in [5, 5.41) is 4.73. The van der Waals surface area contributed by atoms with E-state index >= 15 is 0 Å². The molecule has 0 spiro atoms. The van der Waals surface area contributed by atoms with Crippen LogP contribution in [0.2, 0.25) is 0 Å². The Kier molecular flexibility index (Phi) is 7.72. The first-order valence-electron chi connectivity index (χ1n) is 13.4. The summed E-state index contributed by atoms with van der Waals surface area (Å²) in [6.07, 6.45) is 6.51. The van der Waals surface area contributed by atoms with Crippen molar-refractivity contribution in [3.8, 4) is 16.9 Å². The Morgan fingerprint density at radius 3 is 2.71 bits per heavy atom. The lowest BCUT2D eigenvalue weighted by molar-refractivity contribution is 0.0270. The molecule has 0 unspecified atom stereocenters. The number of amides is 1. The summed E-state index contributed by atoms with van der Waals surface area (Å²) < 4.78 is 16.8. The molecule has 1 fully saturated rings. The van der Waals surface area contributed by atoms with Crippen LogP contribution in [0.4, 0.5) is 4.79 Å². The molecule has 2 aliphatic heterocycles. The molecular formula is C30H38N4O4. The van der Waals surface area contributed by atoms with Crippen molar-refractivity contribution in [2.45, 2.75) is 58.2 Å². The maximum absolute atomic E-state index is 12.5. The molecule has 0 bridgehead atoms. The lowest BCUT2D eigenvalue weighted by Gasteiger charge is -2.29. The monoisotopic (exact) mass is 518 g/mol. The van der Waals surface area contributed by atoms with E-state index in [1.54, 1.807) is 12.0 Å². The predicted molar refractivity (Wildman–Crippen MR) is 149 cm³/mol. The Hall–Kier alpha value is -3.36. The van der Waals surface area contributed by atoms with E-state index in [1.165, 1.54) is 11.1 Å². The van der Waals surface area contributed by atoms with Crippen LogP contribution in [0, 0.1) is 0 Å². The second-order valence-electron chi connectivity index (χ2n) is 11.0. The van der Waals surface area contributed by atoms with Gasteiger partial charge in [0.1, 0.15) is 17.0 Å². The minimum Gasteiger partial charge on any atom is -0.496 e. The van der Waals surface area contributed by atoms with Gasteiger partial charge in [0, 0.05) is 61.7 Å². The molecular weight excluding hydrogens is 480 g/mol. The van der Waals surface area contributed by atoms with E-state index in [0.29, 0.717) is 19.1 Å². The number of aromatic amines is 1. The molecule has 1 saturated heterocycles. The number of benzene rings is 1. The Bertz CT molecular complexity index is 1320. The molecule has 1 aromatic carbocycles. The van der Waals surface area contributed by atoms with Gasteiger partial charge in [0.25, 0.3) is 0 Å². The van der Waals surface area contributed by atoms with Gasteiger partial charge in [-0.05, 0) is 81.0 Å². The SMILES string of the molecule is COc1ccc(CNC2CCOCC2)cc1-c1ccnc2[nH]c(C3=CCN(C(=O)OC(C)(C)C)CC3)cc12. The second-order valence-corrected chi connectivity index (χ2v) is 11.0. The van der Waals surface area contributed by atoms with Crippen LogP contribution < -0.4 is 10.1 Å². The van der Waals surface area contributed by atoms with E-state index in [2.05, 4.69) is 39.6 Å². The highest BCUT2D eigenvalue weighted by atomic mass is 16.6. The first-order valence-corrected chi connectivity index (χ1v) is 13.4. The molecule has 5 rings (SSSR count). The number of rotatable bonds is 6. The zero-order chi connectivity index (χ0) is 26.7. The first kappa shape index (κ1) is 26.3. The number of fused-ring (bicyclic) bond motifs is 1. The van der Waals surface area contributed by atoms with E-state index in [1.807, 2.05) is 39.1 Å². The molecule has 0 radical (unpaired) electrons. The Labute approximate surface area is 224 Å². The van der Waals surface area contributed by atoms with Gasteiger partial charge in [0.2, 0.25) is 0 Å². The molecule has 1 amide bonds. The molecule has 0 saturated carbocycles. The number of nitrogens with zero attached hydrogens (tertiary/aromatic N) is 2. The van der Waals surface area contributed by atoms with Crippen LogP contribution in [0.5, 0.6) is 5.75 Å². The largest absolute Gasteiger partial charge is 0.496 e. The number of nitrogens with one attached hydrogen (secondary N) is 2. The average molecular weight is 519 g/mol. The fourth-order valence-corrected chi connectivity index (χ4v) is 5.08. The highest BCUT2D eigenvalue weighted by Crippen LogP contribution is 2.37. The smallest absolute Gasteiger partial charge is 0.410 e. The van der Waals surface area contributed by atoms with Gasteiger partial charge in [0.15, 0.2) is 0 Å². The molecule has 8 nitrogen and oxygen atoms in total. The molecule has 2 N–H and O–H groups in total. The molecule has 3 aromatic rings.